The van der Waals surface area contributed by atoms with Gasteiger partial charge in [0, 0.05) is 6.54 Å². The summed E-state index contributed by atoms with van der Waals surface area (Å²) in [5.74, 6) is 1.67. The third kappa shape index (κ3) is 4.52. The first-order valence-electron chi connectivity index (χ1n) is 9.93. The highest BCUT2D eigenvalue weighted by Gasteiger charge is 2.36. The van der Waals surface area contributed by atoms with E-state index in [1.54, 1.807) is 25.2 Å². The van der Waals surface area contributed by atoms with Crippen molar-refractivity contribution in [2.45, 2.75) is 26.0 Å². The van der Waals surface area contributed by atoms with Gasteiger partial charge in [-0.1, -0.05) is 18.2 Å². The molecule has 0 aliphatic carbocycles. The Morgan fingerprint density at radius 2 is 1.90 bits per heavy atom. The normalized spacial score (nSPS) is 18.8. The summed E-state index contributed by atoms with van der Waals surface area (Å²) in [4.78, 5) is 14.8. The number of carbonyl (C=O) groups excluding carboxylic acids is 1. The molecule has 2 aromatic rings. The maximum absolute atomic E-state index is 13.1. The van der Waals surface area contributed by atoms with Gasteiger partial charge in [0.1, 0.15) is 11.9 Å². The molecule has 0 radical (unpaired) electrons. The maximum Gasteiger partial charge on any atom is 0.261 e. The highest BCUT2D eigenvalue weighted by atomic mass is 16.5. The van der Waals surface area contributed by atoms with Crippen molar-refractivity contribution >= 4 is 5.91 Å². The van der Waals surface area contributed by atoms with E-state index < -0.39 is 12.1 Å². The van der Waals surface area contributed by atoms with Crippen molar-refractivity contribution in [3.63, 3.8) is 0 Å². The van der Waals surface area contributed by atoms with Crippen LogP contribution in [0.15, 0.2) is 36.4 Å². The first-order chi connectivity index (χ1) is 14.5. The van der Waals surface area contributed by atoms with E-state index in [2.05, 4.69) is 0 Å². The highest BCUT2D eigenvalue weighted by molar-refractivity contribution is 5.78. The maximum atomic E-state index is 13.1. The number of aliphatic hydroxyl groups excluding tert-OH is 1. The summed E-state index contributed by atoms with van der Waals surface area (Å²) in [5, 5.41) is 9.87. The zero-order chi connectivity index (χ0) is 21.7. The molecular weight excluding hydrogens is 386 g/mol. The smallest absolute Gasteiger partial charge is 0.261 e. The van der Waals surface area contributed by atoms with Gasteiger partial charge in [-0.2, -0.15) is 0 Å². The lowest BCUT2D eigenvalue weighted by Gasteiger charge is -2.41. The van der Waals surface area contributed by atoms with Crippen LogP contribution in [0.4, 0.5) is 0 Å². The first-order valence-corrected chi connectivity index (χ1v) is 9.93. The molecule has 1 fully saturated rings. The molecule has 1 aliphatic heterocycles. The van der Waals surface area contributed by atoms with Crippen LogP contribution < -0.4 is 14.2 Å². The van der Waals surface area contributed by atoms with Gasteiger partial charge in [-0.3, -0.25) is 4.79 Å². The summed E-state index contributed by atoms with van der Waals surface area (Å²) in [7, 11) is 3.13. The van der Waals surface area contributed by atoms with Crippen LogP contribution in [0.5, 0.6) is 17.2 Å². The fourth-order valence-electron chi connectivity index (χ4n) is 3.70. The zero-order valence-corrected chi connectivity index (χ0v) is 17.9. The Kier molecular flexibility index (Phi) is 7.18. The molecule has 30 heavy (non-hydrogen) atoms. The number of hydrogen-bond donors (Lipinski definition) is 1. The molecule has 0 saturated carbocycles. The van der Waals surface area contributed by atoms with Crippen LogP contribution in [0.1, 0.15) is 22.7 Å². The van der Waals surface area contributed by atoms with E-state index in [0.29, 0.717) is 30.4 Å². The second-order valence-corrected chi connectivity index (χ2v) is 7.22. The Hall–Kier alpha value is -2.77. The molecule has 2 aromatic carbocycles. The van der Waals surface area contributed by atoms with E-state index in [1.807, 2.05) is 44.2 Å². The summed E-state index contributed by atoms with van der Waals surface area (Å²) in [6.07, 6.45) is -0.540. The zero-order valence-electron chi connectivity index (χ0n) is 17.9. The van der Waals surface area contributed by atoms with Gasteiger partial charge in [0.25, 0.3) is 5.91 Å². The number of benzene rings is 2. The Balaban J connectivity index is 1.84. The molecule has 0 unspecified atom stereocenters. The number of nitrogens with zero attached hydrogens (tertiary/aromatic N) is 1. The van der Waals surface area contributed by atoms with Gasteiger partial charge in [0.15, 0.2) is 18.1 Å². The van der Waals surface area contributed by atoms with Crippen molar-refractivity contribution in [2.75, 3.05) is 40.6 Å². The minimum absolute atomic E-state index is 0.0910. The molecule has 1 amide bonds. The van der Waals surface area contributed by atoms with Crippen LogP contribution in [0.3, 0.4) is 0 Å². The van der Waals surface area contributed by atoms with Crippen LogP contribution >= 0.6 is 0 Å². The lowest BCUT2D eigenvalue weighted by molar-refractivity contribution is -0.152. The molecule has 3 rings (SSSR count). The Morgan fingerprint density at radius 1 is 1.13 bits per heavy atom. The molecule has 7 nitrogen and oxygen atoms in total. The average molecular weight is 415 g/mol. The molecule has 1 heterocycles. The summed E-state index contributed by atoms with van der Waals surface area (Å²) in [6.45, 7) is 4.44. The monoisotopic (exact) mass is 415 g/mol. The van der Waals surface area contributed by atoms with E-state index in [1.165, 1.54) is 0 Å². The molecular formula is C23H29NO6. The SMILES string of the molecule is COc1ccc([C@@H]2[C@@H](CO)OCCN2C(=O)COc2cccc(C)c2C)cc1OC. The highest BCUT2D eigenvalue weighted by Crippen LogP contribution is 2.35. The van der Waals surface area contributed by atoms with E-state index in [-0.39, 0.29) is 19.1 Å². The van der Waals surface area contributed by atoms with Crippen LogP contribution in [0, 0.1) is 13.8 Å². The molecule has 1 N–H and O–H groups in total. The van der Waals surface area contributed by atoms with E-state index in [0.717, 1.165) is 16.7 Å². The van der Waals surface area contributed by atoms with Gasteiger partial charge >= 0.3 is 0 Å². The lowest BCUT2D eigenvalue weighted by Crippen LogP contribution is -2.50. The van der Waals surface area contributed by atoms with Crippen molar-refractivity contribution in [3.05, 3.63) is 53.1 Å². The standard InChI is InChI=1S/C23H29NO6/c1-15-6-5-7-18(16(15)2)30-14-22(26)24-10-11-29-21(13-25)23(24)17-8-9-19(27-3)20(12-17)28-4/h5-9,12,21,23,25H,10-11,13-14H2,1-4H3/t21-,23-/m1/s1. The van der Waals surface area contributed by atoms with Crippen molar-refractivity contribution in [1.29, 1.82) is 0 Å². The second-order valence-electron chi connectivity index (χ2n) is 7.22. The van der Waals surface area contributed by atoms with Crippen molar-refractivity contribution in [2.24, 2.45) is 0 Å². The molecule has 1 saturated heterocycles. The summed E-state index contributed by atoms with van der Waals surface area (Å²) >= 11 is 0. The fourth-order valence-corrected chi connectivity index (χ4v) is 3.70. The average Bonchev–Trinajstić information content (AvgIpc) is 2.78. The summed E-state index contributed by atoms with van der Waals surface area (Å²) < 4.78 is 22.3. The Bertz CT molecular complexity index is 884. The number of amides is 1. The number of rotatable bonds is 7. The number of hydrogen-bond acceptors (Lipinski definition) is 6. The van der Waals surface area contributed by atoms with E-state index >= 15 is 0 Å². The van der Waals surface area contributed by atoms with Gasteiger partial charge in [-0.25, -0.2) is 0 Å². The quantitative estimate of drug-likeness (QED) is 0.749. The third-order valence-corrected chi connectivity index (χ3v) is 5.51. The molecule has 1 aliphatic rings. The Morgan fingerprint density at radius 3 is 2.60 bits per heavy atom. The third-order valence-electron chi connectivity index (χ3n) is 5.51. The number of aryl methyl sites for hydroxylation is 1. The molecule has 162 valence electrons. The lowest BCUT2D eigenvalue weighted by atomic mass is 9.97. The first kappa shape index (κ1) is 21.9. The van der Waals surface area contributed by atoms with Gasteiger partial charge < -0.3 is 29.0 Å². The summed E-state index contributed by atoms with van der Waals surface area (Å²) in [5.41, 5.74) is 2.92. The molecule has 2 atom stereocenters. The van der Waals surface area contributed by atoms with Crippen LogP contribution in [0.25, 0.3) is 0 Å². The second kappa shape index (κ2) is 9.82. The number of ether oxygens (including phenoxy) is 4. The van der Waals surface area contributed by atoms with Gasteiger partial charge in [0.2, 0.25) is 0 Å². The van der Waals surface area contributed by atoms with Crippen molar-refractivity contribution < 1.29 is 28.8 Å². The van der Waals surface area contributed by atoms with Gasteiger partial charge in [-0.05, 0) is 48.7 Å². The molecule has 7 heteroatoms. The van der Waals surface area contributed by atoms with Crippen molar-refractivity contribution in [3.8, 4) is 17.2 Å². The van der Waals surface area contributed by atoms with Crippen molar-refractivity contribution in [1.82, 2.24) is 4.90 Å². The minimum Gasteiger partial charge on any atom is -0.493 e. The number of aliphatic hydroxyl groups is 1. The van der Waals surface area contributed by atoms with Gasteiger partial charge in [-0.15, -0.1) is 0 Å². The Labute approximate surface area is 177 Å². The minimum atomic E-state index is -0.540. The predicted molar refractivity (Wildman–Crippen MR) is 112 cm³/mol. The van der Waals surface area contributed by atoms with Crippen LogP contribution in [-0.2, 0) is 9.53 Å². The van der Waals surface area contributed by atoms with E-state index in [9.17, 15) is 9.90 Å². The number of methoxy groups -OCH3 is 2. The fraction of sp³-hybridized carbons (Fsp3) is 0.435. The van der Waals surface area contributed by atoms with Crippen LogP contribution in [-0.4, -0.2) is 62.6 Å². The van der Waals surface area contributed by atoms with Crippen LogP contribution in [0.2, 0.25) is 0 Å². The molecule has 0 aromatic heterocycles. The largest absolute Gasteiger partial charge is 0.493 e. The van der Waals surface area contributed by atoms with Gasteiger partial charge in [0.05, 0.1) is 33.5 Å². The topological polar surface area (TPSA) is 77.5 Å². The molecule has 0 spiro atoms. The number of carbonyl (C=O) groups is 1. The number of morpholine rings is 1. The van der Waals surface area contributed by atoms with E-state index in [4.69, 9.17) is 18.9 Å². The predicted octanol–water partition coefficient (Wildman–Crippen LogP) is 2.66. The summed E-state index contributed by atoms with van der Waals surface area (Å²) in [6, 6.07) is 10.8. The molecule has 0 bridgehead atoms.